The van der Waals surface area contributed by atoms with Gasteiger partial charge in [-0.1, -0.05) is 18.7 Å². The molecule has 1 amide bonds. The number of benzene rings is 2. The molecular formula is C27H32N8O2. The fourth-order valence-electron chi connectivity index (χ4n) is 3.91. The summed E-state index contributed by atoms with van der Waals surface area (Å²) >= 11 is 0. The highest BCUT2D eigenvalue weighted by Crippen LogP contribution is 2.38. The number of hydrogen-bond acceptors (Lipinski definition) is 8. The van der Waals surface area contributed by atoms with Crippen molar-refractivity contribution in [2.24, 2.45) is 7.05 Å². The molecule has 37 heavy (non-hydrogen) atoms. The molecule has 0 unspecified atom stereocenters. The molecule has 4 rings (SSSR count). The summed E-state index contributed by atoms with van der Waals surface area (Å²) < 4.78 is 7.52. The van der Waals surface area contributed by atoms with E-state index in [1.54, 1.807) is 13.3 Å². The van der Waals surface area contributed by atoms with E-state index < -0.39 is 0 Å². The number of rotatable bonds is 10. The van der Waals surface area contributed by atoms with Gasteiger partial charge >= 0.3 is 0 Å². The van der Waals surface area contributed by atoms with Crippen LogP contribution in [0.5, 0.6) is 5.75 Å². The maximum absolute atomic E-state index is 12.2. The number of anilines is 4. The molecule has 0 fully saturated rings. The van der Waals surface area contributed by atoms with Crippen molar-refractivity contribution in [3.05, 3.63) is 61.4 Å². The van der Waals surface area contributed by atoms with Gasteiger partial charge in [0.1, 0.15) is 5.75 Å². The Morgan fingerprint density at radius 3 is 2.68 bits per heavy atom. The molecule has 0 aliphatic heterocycles. The summed E-state index contributed by atoms with van der Waals surface area (Å²) in [5.41, 5.74) is 4.78. The van der Waals surface area contributed by atoms with E-state index in [-0.39, 0.29) is 5.91 Å². The van der Waals surface area contributed by atoms with Crippen LogP contribution in [0.25, 0.3) is 22.2 Å². The van der Waals surface area contributed by atoms with Crippen LogP contribution in [0.2, 0.25) is 0 Å². The Balaban J connectivity index is 1.68. The normalized spacial score (nSPS) is 11.0. The Labute approximate surface area is 216 Å². The van der Waals surface area contributed by atoms with E-state index in [9.17, 15) is 4.79 Å². The molecule has 0 radical (unpaired) electrons. The van der Waals surface area contributed by atoms with Crippen LogP contribution in [0.15, 0.2) is 61.4 Å². The number of nitrogens with one attached hydrogen (secondary N) is 2. The maximum Gasteiger partial charge on any atom is 0.247 e. The highest BCUT2D eigenvalue weighted by Gasteiger charge is 2.17. The van der Waals surface area contributed by atoms with Gasteiger partial charge in [0.15, 0.2) is 0 Å². The van der Waals surface area contributed by atoms with Gasteiger partial charge in [-0.25, -0.2) is 9.97 Å². The molecule has 4 aromatic rings. The Morgan fingerprint density at radius 1 is 1.14 bits per heavy atom. The smallest absolute Gasteiger partial charge is 0.247 e. The monoisotopic (exact) mass is 500 g/mol. The number of methoxy groups -OCH3 is 1. The lowest BCUT2D eigenvalue weighted by atomic mass is 10.1. The molecule has 2 aromatic heterocycles. The van der Waals surface area contributed by atoms with E-state index in [1.807, 2.05) is 69.4 Å². The average molecular weight is 501 g/mol. The summed E-state index contributed by atoms with van der Waals surface area (Å²) in [5.74, 6) is 0.686. The number of carbonyl (C=O) groups is 1. The van der Waals surface area contributed by atoms with Crippen molar-refractivity contribution in [2.45, 2.75) is 0 Å². The number of hydrogen-bond donors (Lipinski definition) is 2. The first-order valence-corrected chi connectivity index (χ1v) is 11.8. The van der Waals surface area contributed by atoms with Gasteiger partial charge in [-0.05, 0) is 38.4 Å². The maximum atomic E-state index is 12.2. The van der Waals surface area contributed by atoms with Crippen LogP contribution in [0.1, 0.15) is 0 Å². The lowest BCUT2D eigenvalue weighted by molar-refractivity contribution is -0.111. The quantitative estimate of drug-likeness (QED) is 0.316. The van der Waals surface area contributed by atoms with Crippen molar-refractivity contribution in [3.63, 3.8) is 0 Å². The summed E-state index contributed by atoms with van der Waals surface area (Å²) in [4.78, 5) is 25.5. The van der Waals surface area contributed by atoms with Crippen LogP contribution < -0.4 is 20.3 Å². The van der Waals surface area contributed by atoms with Crippen LogP contribution in [0, 0.1) is 0 Å². The third-order valence-corrected chi connectivity index (χ3v) is 6.00. The number of aryl methyl sites for hydroxylation is 1. The molecule has 10 heteroatoms. The largest absolute Gasteiger partial charge is 0.494 e. The van der Waals surface area contributed by atoms with Gasteiger partial charge in [0, 0.05) is 50.4 Å². The number of amides is 1. The van der Waals surface area contributed by atoms with E-state index in [2.05, 4.69) is 43.2 Å². The predicted octanol–water partition coefficient (Wildman–Crippen LogP) is 3.90. The summed E-state index contributed by atoms with van der Waals surface area (Å²) in [6.45, 7) is 5.18. The lowest BCUT2D eigenvalue weighted by Crippen LogP contribution is -2.29. The summed E-state index contributed by atoms with van der Waals surface area (Å²) in [7, 11) is 9.53. The van der Waals surface area contributed by atoms with Gasteiger partial charge in [0.2, 0.25) is 11.9 Å². The van der Waals surface area contributed by atoms with Gasteiger partial charge in [0.05, 0.1) is 41.6 Å². The first-order valence-electron chi connectivity index (χ1n) is 11.8. The van der Waals surface area contributed by atoms with E-state index in [1.165, 1.54) is 6.08 Å². The predicted molar refractivity (Wildman–Crippen MR) is 149 cm³/mol. The van der Waals surface area contributed by atoms with Gasteiger partial charge in [-0.3, -0.25) is 9.48 Å². The van der Waals surface area contributed by atoms with Crippen LogP contribution in [0.3, 0.4) is 0 Å². The third-order valence-electron chi connectivity index (χ3n) is 6.00. The SMILES string of the molecule is C=CC(=O)Nc1cc(Nc2nccc(-c3ccc4cnn(C)c4c3)n2)c(OC)cc1N(C)CCN(C)C. The molecule has 192 valence electrons. The number of carbonyl (C=O) groups excluding carboxylic acids is 1. The molecule has 0 saturated carbocycles. The minimum Gasteiger partial charge on any atom is -0.494 e. The van der Waals surface area contributed by atoms with E-state index in [0.717, 1.165) is 40.9 Å². The topological polar surface area (TPSA) is 100 Å². The number of likely N-dealkylation sites (N-methyl/N-ethyl adjacent to an activating group) is 2. The summed E-state index contributed by atoms with van der Waals surface area (Å²) in [6.07, 6.45) is 4.78. The van der Waals surface area contributed by atoms with Gasteiger partial charge in [0.25, 0.3) is 0 Å². The van der Waals surface area contributed by atoms with Crippen molar-refractivity contribution in [1.82, 2.24) is 24.6 Å². The van der Waals surface area contributed by atoms with Crippen LogP contribution >= 0.6 is 0 Å². The van der Waals surface area contributed by atoms with Crippen molar-refractivity contribution in [1.29, 1.82) is 0 Å². The second kappa shape index (κ2) is 11.1. The van der Waals surface area contributed by atoms with Crippen molar-refractivity contribution >= 4 is 39.8 Å². The first kappa shape index (κ1) is 25.6. The number of aromatic nitrogens is 4. The molecule has 2 heterocycles. The summed E-state index contributed by atoms with van der Waals surface area (Å²) in [6, 6.07) is 11.7. The van der Waals surface area contributed by atoms with Crippen molar-refractivity contribution < 1.29 is 9.53 Å². The van der Waals surface area contributed by atoms with Gasteiger partial charge in [-0.2, -0.15) is 5.10 Å². The molecule has 0 bridgehead atoms. The molecule has 0 saturated heterocycles. The third kappa shape index (κ3) is 5.87. The number of nitrogens with zero attached hydrogens (tertiary/aromatic N) is 6. The van der Waals surface area contributed by atoms with Crippen LogP contribution in [-0.4, -0.2) is 71.9 Å². The standard InChI is InChI=1S/C27H32N8O2/c1-7-26(36)30-21-15-22(25(37-6)16-24(21)34(4)13-12-33(2)3)32-27-28-11-10-20(31-27)18-8-9-19-17-29-35(5)23(19)14-18/h7-11,14-17H,1,12-13H2,2-6H3,(H,30,36)(H,28,31,32). The Kier molecular flexibility index (Phi) is 7.69. The van der Waals surface area contributed by atoms with E-state index in [4.69, 9.17) is 9.72 Å². The second-order valence-electron chi connectivity index (χ2n) is 8.92. The molecule has 0 aliphatic rings. The van der Waals surface area contributed by atoms with Gasteiger partial charge < -0.3 is 25.2 Å². The zero-order valence-corrected chi connectivity index (χ0v) is 21.8. The van der Waals surface area contributed by atoms with E-state index >= 15 is 0 Å². The lowest BCUT2D eigenvalue weighted by Gasteiger charge is -2.26. The Bertz CT molecular complexity index is 1430. The minimum absolute atomic E-state index is 0.304. The highest BCUT2D eigenvalue weighted by atomic mass is 16.5. The second-order valence-corrected chi connectivity index (χ2v) is 8.92. The molecule has 0 spiro atoms. The minimum atomic E-state index is -0.304. The summed E-state index contributed by atoms with van der Waals surface area (Å²) in [5, 5.41) is 11.5. The zero-order chi connectivity index (χ0) is 26.5. The van der Waals surface area contributed by atoms with Crippen LogP contribution in [-0.2, 0) is 11.8 Å². The van der Waals surface area contributed by atoms with E-state index in [0.29, 0.717) is 23.1 Å². The molecule has 10 nitrogen and oxygen atoms in total. The molecule has 0 atom stereocenters. The molecule has 2 N–H and O–H groups in total. The zero-order valence-electron chi connectivity index (χ0n) is 21.8. The van der Waals surface area contributed by atoms with Crippen molar-refractivity contribution in [3.8, 4) is 17.0 Å². The number of ether oxygens (including phenoxy) is 1. The highest BCUT2D eigenvalue weighted by molar-refractivity contribution is 6.02. The molecule has 0 aliphatic carbocycles. The van der Waals surface area contributed by atoms with Crippen molar-refractivity contribution in [2.75, 3.05) is 56.9 Å². The fraction of sp³-hybridized carbons (Fsp3) is 0.259. The average Bonchev–Trinajstić information content (AvgIpc) is 3.27. The fourth-order valence-corrected chi connectivity index (χ4v) is 3.91. The first-order chi connectivity index (χ1) is 17.8. The number of fused-ring (bicyclic) bond motifs is 1. The molecular weight excluding hydrogens is 468 g/mol. The molecule has 2 aromatic carbocycles. The van der Waals surface area contributed by atoms with Gasteiger partial charge in [-0.15, -0.1) is 0 Å². The Hall–Kier alpha value is -4.44. The Morgan fingerprint density at radius 2 is 1.95 bits per heavy atom. The van der Waals surface area contributed by atoms with Crippen LogP contribution in [0.4, 0.5) is 23.0 Å².